The van der Waals surface area contributed by atoms with Crippen LogP contribution in [0, 0.1) is 6.92 Å². The van der Waals surface area contributed by atoms with Crippen molar-refractivity contribution in [3.63, 3.8) is 0 Å². The van der Waals surface area contributed by atoms with Crippen LogP contribution in [-0.2, 0) is 6.42 Å². The van der Waals surface area contributed by atoms with E-state index in [9.17, 15) is 13.2 Å². The maximum Gasteiger partial charge on any atom is 0.405 e. The molecule has 1 heterocycles. The highest BCUT2D eigenvalue weighted by Crippen LogP contribution is 2.22. The van der Waals surface area contributed by atoms with Gasteiger partial charge in [-0.25, -0.2) is 15.8 Å². The van der Waals surface area contributed by atoms with Gasteiger partial charge in [-0.1, -0.05) is 6.92 Å². The average Bonchev–Trinajstić information content (AvgIpc) is 2.28. The van der Waals surface area contributed by atoms with Crippen LogP contribution in [0.25, 0.3) is 0 Å². The van der Waals surface area contributed by atoms with Crippen molar-refractivity contribution in [1.82, 2.24) is 9.97 Å². The van der Waals surface area contributed by atoms with Crippen LogP contribution < -0.4 is 16.6 Å². The van der Waals surface area contributed by atoms with Crippen molar-refractivity contribution < 1.29 is 13.2 Å². The highest BCUT2D eigenvalue weighted by Gasteiger charge is 2.27. The maximum atomic E-state index is 12.2. The number of nitrogens with two attached hydrogens (primary N) is 1. The summed E-state index contributed by atoms with van der Waals surface area (Å²) < 4.78 is 36.5. The molecule has 0 aromatic carbocycles. The summed E-state index contributed by atoms with van der Waals surface area (Å²) >= 11 is 0. The topological polar surface area (TPSA) is 75.9 Å². The van der Waals surface area contributed by atoms with Crippen LogP contribution >= 0.6 is 0 Å². The summed E-state index contributed by atoms with van der Waals surface area (Å²) in [4.78, 5) is 8.17. The largest absolute Gasteiger partial charge is 0.405 e. The molecule has 1 rings (SSSR count). The first-order valence-corrected chi connectivity index (χ1v) is 5.52. The minimum absolute atomic E-state index is 0.152. The number of rotatable bonds is 5. The quantitative estimate of drug-likeness (QED) is 0.559. The molecule has 0 unspecified atom stereocenters. The van der Waals surface area contributed by atoms with Gasteiger partial charge in [-0.3, -0.25) is 0 Å². The van der Waals surface area contributed by atoms with Gasteiger partial charge in [-0.2, -0.15) is 13.2 Å². The second-order valence-electron chi connectivity index (χ2n) is 3.83. The second-order valence-corrected chi connectivity index (χ2v) is 3.83. The molecule has 0 amide bonds. The van der Waals surface area contributed by atoms with Crippen molar-refractivity contribution in [3.8, 4) is 0 Å². The molecular weight excluding hydrogens is 247 g/mol. The normalized spacial score (nSPS) is 11.4. The Morgan fingerprint density at radius 2 is 1.83 bits per heavy atom. The van der Waals surface area contributed by atoms with E-state index in [2.05, 4.69) is 20.7 Å². The molecule has 0 saturated carbocycles. The molecule has 1 aromatic heterocycles. The third-order valence-electron chi connectivity index (χ3n) is 2.26. The summed E-state index contributed by atoms with van der Waals surface area (Å²) in [5.41, 5.74) is 2.82. The van der Waals surface area contributed by atoms with E-state index in [0.29, 0.717) is 23.6 Å². The van der Waals surface area contributed by atoms with Crippen molar-refractivity contribution in [2.75, 3.05) is 17.3 Å². The summed E-state index contributed by atoms with van der Waals surface area (Å²) in [6, 6.07) is 0. The monoisotopic (exact) mass is 263 g/mol. The Morgan fingerprint density at radius 1 is 1.22 bits per heavy atom. The van der Waals surface area contributed by atoms with Crippen LogP contribution in [0.1, 0.15) is 24.7 Å². The smallest absolute Gasteiger partial charge is 0.361 e. The number of hydrogen-bond acceptors (Lipinski definition) is 5. The van der Waals surface area contributed by atoms with E-state index in [0.717, 1.165) is 6.42 Å². The molecule has 18 heavy (non-hydrogen) atoms. The number of nitrogen functional groups attached to an aromatic ring is 1. The summed E-state index contributed by atoms with van der Waals surface area (Å²) in [6.07, 6.45) is -2.92. The molecule has 8 heteroatoms. The lowest BCUT2D eigenvalue weighted by atomic mass is 10.2. The number of nitrogens with one attached hydrogen (secondary N) is 2. The number of halogens is 3. The maximum absolute atomic E-state index is 12.2. The molecule has 102 valence electrons. The predicted octanol–water partition coefficient (Wildman–Crippen LogP) is 2.00. The van der Waals surface area contributed by atoms with Gasteiger partial charge >= 0.3 is 6.18 Å². The molecule has 0 spiro atoms. The third-order valence-corrected chi connectivity index (χ3v) is 2.26. The van der Waals surface area contributed by atoms with Crippen LogP contribution in [0.2, 0.25) is 0 Å². The Labute approximate surface area is 103 Å². The number of aryl methyl sites for hydroxylation is 1. The van der Waals surface area contributed by atoms with E-state index in [1.807, 2.05) is 6.92 Å². The molecule has 0 saturated heterocycles. The minimum Gasteiger partial charge on any atom is -0.361 e. The van der Waals surface area contributed by atoms with Gasteiger partial charge in [0.25, 0.3) is 0 Å². The lowest BCUT2D eigenvalue weighted by Gasteiger charge is -2.14. The van der Waals surface area contributed by atoms with Crippen LogP contribution in [0.15, 0.2) is 0 Å². The van der Waals surface area contributed by atoms with Gasteiger partial charge in [-0.15, -0.1) is 0 Å². The number of alkyl halides is 3. The SMILES string of the molecule is CCCc1nc(NN)c(C)c(NCC(F)(F)F)n1. The molecule has 0 aliphatic rings. The van der Waals surface area contributed by atoms with Gasteiger partial charge in [0.1, 0.15) is 24.0 Å². The average molecular weight is 263 g/mol. The van der Waals surface area contributed by atoms with Crippen LogP contribution in [0.4, 0.5) is 24.8 Å². The van der Waals surface area contributed by atoms with E-state index in [1.165, 1.54) is 0 Å². The van der Waals surface area contributed by atoms with Crippen LogP contribution in [0.3, 0.4) is 0 Å². The molecule has 0 fully saturated rings. The van der Waals surface area contributed by atoms with Gasteiger partial charge in [0, 0.05) is 12.0 Å². The molecular formula is C10H16F3N5. The van der Waals surface area contributed by atoms with Gasteiger partial charge in [0.15, 0.2) is 0 Å². The summed E-state index contributed by atoms with van der Waals surface area (Å²) in [6.45, 7) is 2.39. The second kappa shape index (κ2) is 5.85. The zero-order valence-electron chi connectivity index (χ0n) is 10.2. The number of nitrogens with zero attached hydrogens (tertiary/aromatic N) is 2. The highest BCUT2D eigenvalue weighted by molar-refractivity contribution is 5.56. The molecule has 5 nitrogen and oxygen atoms in total. The van der Waals surface area contributed by atoms with Crippen LogP contribution in [0.5, 0.6) is 0 Å². The lowest BCUT2D eigenvalue weighted by molar-refractivity contribution is -0.115. The highest BCUT2D eigenvalue weighted by atomic mass is 19.4. The van der Waals surface area contributed by atoms with Gasteiger partial charge < -0.3 is 10.7 Å². The molecule has 0 atom stereocenters. The molecule has 0 aliphatic carbocycles. The zero-order valence-corrected chi connectivity index (χ0v) is 10.2. The van der Waals surface area contributed by atoms with Crippen molar-refractivity contribution >= 4 is 11.6 Å². The van der Waals surface area contributed by atoms with E-state index >= 15 is 0 Å². The Morgan fingerprint density at radius 3 is 2.33 bits per heavy atom. The van der Waals surface area contributed by atoms with Crippen molar-refractivity contribution in [2.45, 2.75) is 32.9 Å². The van der Waals surface area contributed by atoms with Crippen molar-refractivity contribution in [2.24, 2.45) is 5.84 Å². The van der Waals surface area contributed by atoms with Crippen molar-refractivity contribution in [1.29, 1.82) is 0 Å². The van der Waals surface area contributed by atoms with Crippen molar-refractivity contribution in [3.05, 3.63) is 11.4 Å². The first kappa shape index (κ1) is 14.5. The molecule has 1 aromatic rings. The molecule has 0 bridgehead atoms. The first-order chi connectivity index (χ1) is 8.37. The standard InChI is InChI=1S/C10H16F3N5/c1-3-4-7-16-8(15-5-10(11,12)13)6(2)9(17-7)18-14/h3-5,14H2,1-2H3,(H2,15,16,17,18). The summed E-state index contributed by atoms with van der Waals surface area (Å²) in [5, 5.41) is 2.25. The van der Waals surface area contributed by atoms with E-state index in [1.54, 1.807) is 6.92 Å². The summed E-state index contributed by atoms with van der Waals surface area (Å²) in [5.74, 6) is 6.22. The Bertz CT molecular complexity index is 405. The lowest BCUT2D eigenvalue weighted by Crippen LogP contribution is -2.23. The number of aromatic nitrogens is 2. The predicted molar refractivity (Wildman–Crippen MR) is 63.1 cm³/mol. The van der Waals surface area contributed by atoms with E-state index in [-0.39, 0.29) is 5.82 Å². The van der Waals surface area contributed by atoms with E-state index in [4.69, 9.17) is 5.84 Å². The zero-order chi connectivity index (χ0) is 13.8. The third kappa shape index (κ3) is 4.02. The Hall–Kier alpha value is -1.57. The fraction of sp³-hybridized carbons (Fsp3) is 0.600. The fourth-order valence-corrected chi connectivity index (χ4v) is 1.39. The Balaban J connectivity index is 2.97. The van der Waals surface area contributed by atoms with Gasteiger partial charge in [-0.05, 0) is 13.3 Å². The van der Waals surface area contributed by atoms with Gasteiger partial charge in [0.05, 0.1) is 0 Å². The Kier molecular flexibility index (Phi) is 4.71. The number of hydrazine groups is 1. The summed E-state index contributed by atoms with van der Waals surface area (Å²) in [7, 11) is 0. The molecule has 0 aliphatic heterocycles. The molecule has 4 N–H and O–H groups in total. The van der Waals surface area contributed by atoms with Gasteiger partial charge in [0.2, 0.25) is 0 Å². The van der Waals surface area contributed by atoms with E-state index < -0.39 is 12.7 Å². The van der Waals surface area contributed by atoms with Crippen LogP contribution in [-0.4, -0.2) is 22.7 Å². The number of anilines is 2. The minimum atomic E-state index is -4.29. The first-order valence-electron chi connectivity index (χ1n) is 5.52. The fourth-order valence-electron chi connectivity index (χ4n) is 1.39. The molecule has 0 radical (unpaired) electrons. The number of hydrogen-bond donors (Lipinski definition) is 3.